The molecule has 7 heteroatoms. The summed E-state index contributed by atoms with van der Waals surface area (Å²) in [5.41, 5.74) is 2.10. The van der Waals surface area contributed by atoms with Crippen LogP contribution in [0.15, 0.2) is 48.5 Å². The fraction of sp³-hybridized carbons (Fsp3) is 0.481. The zero-order valence-corrected chi connectivity index (χ0v) is 22.1. The predicted octanol–water partition coefficient (Wildman–Crippen LogP) is 6.53. The van der Waals surface area contributed by atoms with Gasteiger partial charge in [-0.15, -0.1) is 11.8 Å². The first-order valence-electron chi connectivity index (χ1n) is 12.1. The van der Waals surface area contributed by atoms with E-state index in [2.05, 4.69) is 17.4 Å². The Kier molecular flexibility index (Phi) is 11.1. The molecular weight excluding hydrogens is 487 g/mol. The summed E-state index contributed by atoms with van der Waals surface area (Å²) in [5, 5.41) is 4.43. The van der Waals surface area contributed by atoms with E-state index >= 15 is 0 Å². The molecular formula is C27H34Cl2N2O2S. The minimum absolute atomic E-state index is 0.0170. The molecule has 1 fully saturated rings. The number of hydrogen-bond acceptors (Lipinski definition) is 3. The molecule has 3 rings (SSSR count). The van der Waals surface area contributed by atoms with Gasteiger partial charge in [0, 0.05) is 28.4 Å². The molecule has 184 valence electrons. The van der Waals surface area contributed by atoms with Crippen molar-refractivity contribution in [2.24, 2.45) is 0 Å². The number of hydrogen-bond donors (Lipinski definition) is 1. The first kappa shape index (κ1) is 26.9. The zero-order valence-electron chi connectivity index (χ0n) is 19.8. The van der Waals surface area contributed by atoms with Crippen molar-refractivity contribution in [3.63, 3.8) is 0 Å². The van der Waals surface area contributed by atoms with Gasteiger partial charge in [-0.25, -0.2) is 0 Å². The molecule has 1 aliphatic rings. The lowest BCUT2D eigenvalue weighted by molar-refractivity contribution is -0.139. The summed E-state index contributed by atoms with van der Waals surface area (Å²) >= 11 is 13.8. The van der Waals surface area contributed by atoms with Crippen LogP contribution in [-0.2, 0) is 21.8 Å². The fourth-order valence-corrected chi connectivity index (χ4v) is 5.88. The van der Waals surface area contributed by atoms with Gasteiger partial charge in [0.15, 0.2) is 0 Å². The Labute approximate surface area is 217 Å². The Balaban J connectivity index is 1.65. The summed E-state index contributed by atoms with van der Waals surface area (Å²) in [5.74, 6) is 0.860. The third kappa shape index (κ3) is 8.21. The highest BCUT2D eigenvalue weighted by Crippen LogP contribution is 2.25. The largest absolute Gasteiger partial charge is 0.352 e. The maximum atomic E-state index is 13.4. The monoisotopic (exact) mass is 520 g/mol. The van der Waals surface area contributed by atoms with Crippen LogP contribution < -0.4 is 5.32 Å². The van der Waals surface area contributed by atoms with Gasteiger partial charge in [-0.3, -0.25) is 9.59 Å². The van der Waals surface area contributed by atoms with Crippen LogP contribution >= 0.6 is 35.0 Å². The molecule has 2 aromatic rings. The van der Waals surface area contributed by atoms with E-state index in [1.807, 2.05) is 31.2 Å². The third-order valence-corrected chi connectivity index (χ3v) is 7.87. The van der Waals surface area contributed by atoms with Crippen molar-refractivity contribution in [1.29, 1.82) is 0 Å². The van der Waals surface area contributed by atoms with Gasteiger partial charge in [0.2, 0.25) is 11.8 Å². The van der Waals surface area contributed by atoms with E-state index in [9.17, 15) is 9.59 Å². The Morgan fingerprint density at radius 1 is 1.09 bits per heavy atom. The lowest BCUT2D eigenvalue weighted by atomic mass is 9.95. The zero-order chi connectivity index (χ0) is 24.3. The highest BCUT2D eigenvalue weighted by Gasteiger charge is 2.29. The normalized spacial score (nSPS) is 15.0. The predicted molar refractivity (Wildman–Crippen MR) is 144 cm³/mol. The minimum atomic E-state index is -0.460. The number of thioether (sulfide) groups is 1. The summed E-state index contributed by atoms with van der Waals surface area (Å²) in [6, 6.07) is 15.3. The Morgan fingerprint density at radius 3 is 2.50 bits per heavy atom. The average Bonchev–Trinajstić information content (AvgIpc) is 2.84. The summed E-state index contributed by atoms with van der Waals surface area (Å²) in [6.45, 7) is 2.50. The van der Waals surface area contributed by atoms with E-state index in [0.29, 0.717) is 40.9 Å². The number of benzene rings is 2. The number of nitrogens with zero attached hydrogens (tertiary/aromatic N) is 1. The molecule has 0 heterocycles. The summed E-state index contributed by atoms with van der Waals surface area (Å²) in [7, 11) is 0. The van der Waals surface area contributed by atoms with Crippen LogP contribution in [0.4, 0.5) is 0 Å². The number of carbonyl (C=O) groups is 2. The number of amides is 2. The lowest BCUT2D eigenvalue weighted by Gasteiger charge is -2.32. The second-order valence-electron chi connectivity index (χ2n) is 8.82. The topological polar surface area (TPSA) is 49.4 Å². The lowest BCUT2D eigenvalue weighted by Crippen LogP contribution is -2.52. The molecule has 0 spiro atoms. The average molecular weight is 522 g/mol. The molecule has 0 bridgehead atoms. The summed E-state index contributed by atoms with van der Waals surface area (Å²) in [4.78, 5) is 28.4. The number of carbonyl (C=O) groups excluding carboxylic acids is 2. The molecule has 1 N–H and O–H groups in total. The molecule has 1 atom stereocenters. The molecule has 0 saturated heterocycles. The SMILES string of the molecule is CC[C@H](C(=O)NC1CCCCC1)N(CCc1ccccc1)C(=O)CSCc1ccc(Cl)cc1Cl. The van der Waals surface area contributed by atoms with E-state index in [4.69, 9.17) is 23.2 Å². The van der Waals surface area contributed by atoms with Gasteiger partial charge in [0.1, 0.15) is 6.04 Å². The number of rotatable bonds is 11. The van der Waals surface area contributed by atoms with E-state index in [1.54, 1.807) is 17.0 Å². The molecule has 2 amide bonds. The number of halogens is 2. The Morgan fingerprint density at radius 2 is 1.82 bits per heavy atom. The van der Waals surface area contributed by atoms with Crippen molar-refractivity contribution >= 4 is 46.8 Å². The van der Waals surface area contributed by atoms with Gasteiger partial charge in [-0.05, 0) is 48.9 Å². The van der Waals surface area contributed by atoms with E-state index in [-0.39, 0.29) is 17.9 Å². The van der Waals surface area contributed by atoms with Crippen LogP contribution in [0.3, 0.4) is 0 Å². The van der Waals surface area contributed by atoms with Crippen LogP contribution in [0, 0.1) is 0 Å². The summed E-state index contributed by atoms with van der Waals surface area (Å²) < 4.78 is 0. The van der Waals surface area contributed by atoms with E-state index in [1.165, 1.54) is 18.2 Å². The van der Waals surface area contributed by atoms with Crippen molar-refractivity contribution < 1.29 is 9.59 Å². The molecule has 1 aliphatic carbocycles. The molecule has 0 unspecified atom stereocenters. The molecule has 0 aliphatic heterocycles. The Bertz CT molecular complexity index is 935. The minimum Gasteiger partial charge on any atom is -0.352 e. The van der Waals surface area contributed by atoms with E-state index < -0.39 is 6.04 Å². The van der Waals surface area contributed by atoms with Crippen molar-refractivity contribution in [2.75, 3.05) is 12.3 Å². The van der Waals surface area contributed by atoms with Crippen molar-refractivity contribution in [2.45, 2.75) is 69.7 Å². The second kappa shape index (κ2) is 14.0. The van der Waals surface area contributed by atoms with Crippen molar-refractivity contribution in [3.8, 4) is 0 Å². The van der Waals surface area contributed by atoms with E-state index in [0.717, 1.165) is 36.8 Å². The quantitative estimate of drug-likeness (QED) is 0.366. The highest BCUT2D eigenvalue weighted by atomic mass is 35.5. The second-order valence-corrected chi connectivity index (χ2v) is 10.6. The van der Waals surface area contributed by atoms with Crippen LogP contribution in [0.1, 0.15) is 56.6 Å². The van der Waals surface area contributed by atoms with Crippen LogP contribution in [0.2, 0.25) is 10.0 Å². The highest BCUT2D eigenvalue weighted by molar-refractivity contribution is 7.99. The van der Waals surface area contributed by atoms with Gasteiger partial charge in [0.25, 0.3) is 0 Å². The van der Waals surface area contributed by atoms with Crippen molar-refractivity contribution in [3.05, 3.63) is 69.7 Å². The van der Waals surface area contributed by atoms with Gasteiger partial charge in [-0.2, -0.15) is 0 Å². The van der Waals surface area contributed by atoms with Gasteiger partial charge in [0.05, 0.1) is 5.75 Å². The number of nitrogens with one attached hydrogen (secondary N) is 1. The van der Waals surface area contributed by atoms with Crippen LogP contribution in [-0.4, -0.2) is 41.1 Å². The summed E-state index contributed by atoms with van der Waals surface area (Å²) in [6.07, 6.45) is 6.90. The third-order valence-electron chi connectivity index (χ3n) is 6.32. The maximum Gasteiger partial charge on any atom is 0.243 e. The Hall–Kier alpha value is -1.69. The standard InChI is InChI=1S/C27H34Cl2N2O2S/c1-2-25(27(33)30-23-11-7-4-8-12-23)31(16-15-20-9-5-3-6-10-20)26(32)19-34-18-21-13-14-22(28)17-24(21)29/h3,5-6,9-10,13-14,17,23,25H,2,4,7-8,11-12,15-16,18-19H2,1H3,(H,30,33)/t25-/m1/s1. The molecule has 2 aromatic carbocycles. The molecule has 34 heavy (non-hydrogen) atoms. The van der Waals surface area contributed by atoms with Gasteiger partial charge >= 0.3 is 0 Å². The van der Waals surface area contributed by atoms with Crippen molar-refractivity contribution in [1.82, 2.24) is 10.2 Å². The van der Waals surface area contributed by atoms with Gasteiger partial charge < -0.3 is 10.2 Å². The molecule has 0 radical (unpaired) electrons. The first-order valence-corrected chi connectivity index (χ1v) is 14.0. The first-order chi connectivity index (χ1) is 16.5. The molecule has 4 nitrogen and oxygen atoms in total. The fourth-order valence-electron chi connectivity index (χ4n) is 4.41. The molecule has 1 saturated carbocycles. The van der Waals surface area contributed by atoms with Gasteiger partial charge in [-0.1, -0.05) is 85.8 Å². The molecule has 0 aromatic heterocycles. The van der Waals surface area contributed by atoms with Crippen LogP contribution in [0.25, 0.3) is 0 Å². The van der Waals surface area contributed by atoms with Crippen LogP contribution in [0.5, 0.6) is 0 Å². The maximum absolute atomic E-state index is 13.4. The smallest absolute Gasteiger partial charge is 0.243 e.